The largest absolute Gasteiger partial charge is 0.366 e. The van der Waals surface area contributed by atoms with E-state index in [-0.39, 0.29) is 5.82 Å². The van der Waals surface area contributed by atoms with Gasteiger partial charge in [0.25, 0.3) is 0 Å². The van der Waals surface area contributed by atoms with Crippen molar-refractivity contribution in [2.24, 2.45) is 4.99 Å². The van der Waals surface area contributed by atoms with E-state index >= 15 is 0 Å². The van der Waals surface area contributed by atoms with Gasteiger partial charge in [-0.25, -0.2) is 9.38 Å². The fourth-order valence-corrected chi connectivity index (χ4v) is 2.38. The molecule has 0 spiro atoms. The van der Waals surface area contributed by atoms with Gasteiger partial charge in [0.15, 0.2) is 0 Å². The van der Waals surface area contributed by atoms with Gasteiger partial charge >= 0.3 is 0 Å². The molecule has 0 saturated heterocycles. The number of rotatable bonds is 5. The molecule has 2 aromatic carbocycles. The van der Waals surface area contributed by atoms with Gasteiger partial charge < -0.3 is 4.90 Å². The van der Waals surface area contributed by atoms with Crippen LogP contribution in [0.25, 0.3) is 5.57 Å². The van der Waals surface area contributed by atoms with Crippen molar-refractivity contribution in [1.82, 2.24) is 4.90 Å². The first kappa shape index (κ1) is 17.2. The van der Waals surface area contributed by atoms with Crippen molar-refractivity contribution < 1.29 is 4.39 Å². The lowest BCUT2D eigenvalue weighted by Crippen LogP contribution is -2.14. The second-order valence-electron chi connectivity index (χ2n) is 5.43. The van der Waals surface area contributed by atoms with E-state index < -0.39 is 0 Å². The lowest BCUT2D eigenvalue weighted by atomic mass is 9.95. The number of aliphatic imine (C=N–C) groups is 1. The quantitative estimate of drug-likeness (QED) is 0.525. The predicted molar refractivity (Wildman–Crippen MR) is 97.2 cm³/mol. The van der Waals surface area contributed by atoms with E-state index in [1.54, 1.807) is 12.4 Å². The minimum Gasteiger partial charge on any atom is -0.366 e. The van der Waals surface area contributed by atoms with Crippen molar-refractivity contribution in [3.63, 3.8) is 0 Å². The van der Waals surface area contributed by atoms with Crippen molar-refractivity contribution in [2.45, 2.75) is 13.8 Å². The topological polar surface area (TPSA) is 15.6 Å². The van der Waals surface area contributed by atoms with Crippen LogP contribution in [0.2, 0.25) is 5.02 Å². The lowest BCUT2D eigenvalue weighted by molar-refractivity contribution is 0.552. The molecule has 0 aliphatic rings. The summed E-state index contributed by atoms with van der Waals surface area (Å²) in [7, 11) is 1.95. The molecule has 0 fully saturated rings. The summed E-state index contributed by atoms with van der Waals surface area (Å²) in [6.07, 6.45) is 1.75. The zero-order chi connectivity index (χ0) is 17.0. The van der Waals surface area contributed by atoms with Crippen LogP contribution in [0.15, 0.2) is 48.0 Å². The molecule has 0 heterocycles. The summed E-state index contributed by atoms with van der Waals surface area (Å²) in [5, 5.41) is 0.545. The van der Waals surface area contributed by atoms with Gasteiger partial charge in [0.1, 0.15) is 5.82 Å². The molecule has 0 radical (unpaired) electrons. The third kappa shape index (κ3) is 4.20. The second-order valence-corrected chi connectivity index (χ2v) is 5.83. The molecule has 4 heteroatoms. The van der Waals surface area contributed by atoms with Gasteiger partial charge in [-0.2, -0.15) is 0 Å². The van der Waals surface area contributed by atoms with Gasteiger partial charge in [-0.1, -0.05) is 30.3 Å². The Morgan fingerprint density at radius 3 is 2.74 bits per heavy atom. The van der Waals surface area contributed by atoms with E-state index in [4.69, 9.17) is 11.6 Å². The Morgan fingerprint density at radius 2 is 2.09 bits per heavy atom. The fraction of sp³-hybridized carbons (Fsp3) is 0.211. The highest BCUT2D eigenvalue weighted by molar-refractivity contribution is 6.33. The number of halogens is 2. The van der Waals surface area contributed by atoms with E-state index in [0.717, 1.165) is 28.8 Å². The van der Waals surface area contributed by atoms with Crippen LogP contribution in [0.3, 0.4) is 0 Å². The van der Waals surface area contributed by atoms with Crippen LogP contribution < -0.4 is 0 Å². The standard InChI is InChI=1S/C19H20ClFN2/c1-5-23(4)12-22-19-9-13(2)17(11-18(19)20)14(3)15-7-6-8-16(21)10-15/h6-12H,3,5H2,1-2,4H3. The average molecular weight is 331 g/mol. The summed E-state index contributed by atoms with van der Waals surface area (Å²) in [5.41, 5.74) is 4.08. The third-order valence-corrected chi connectivity index (χ3v) is 3.99. The maximum Gasteiger partial charge on any atom is 0.123 e. The molecular weight excluding hydrogens is 311 g/mol. The van der Waals surface area contributed by atoms with Crippen LogP contribution in [0, 0.1) is 12.7 Å². The maximum absolute atomic E-state index is 13.4. The molecule has 0 aliphatic carbocycles. The van der Waals surface area contributed by atoms with Crippen molar-refractivity contribution in [2.75, 3.05) is 13.6 Å². The first-order valence-corrected chi connectivity index (χ1v) is 7.80. The first-order chi connectivity index (χ1) is 10.9. The van der Waals surface area contributed by atoms with E-state index in [0.29, 0.717) is 10.7 Å². The number of benzene rings is 2. The van der Waals surface area contributed by atoms with Crippen molar-refractivity contribution in [3.05, 3.63) is 70.5 Å². The van der Waals surface area contributed by atoms with E-state index in [1.165, 1.54) is 12.1 Å². The van der Waals surface area contributed by atoms with Crippen LogP contribution in [0.4, 0.5) is 10.1 Å². The molecule has 0 aromatic heterocycles. The zero-order valence-electron chi connectivity index (χ0n) is 13.6. The van der Waals surface area contributed by atoms with Gasteiger partial charge in [0, 0.05) is 13.6 Å². The maximum atomic E-state index is 13.4. The number of nitrogens with zero attached hydrogens (tertiary/aromatic N) is 2. The average Bonchev–Trinajstić information content (AvgIpc) is 2.54. The smallest absolute Gasteiger partial charge is 0.123 e. The molecule has 0 bridgehead atoms. The normalized spacial score (nSPS) is 11.0. The Morgan fingerprint density at radius 1 is 1.35 bits per heavy atom. The zero-order valence-corrected chi connectivity index (χ0v) is 14.4. The molecule has 0 aliphatic heterocycles. The molecule has 2 rings (SSSR count). The van der Waals surface area contributed by atoms with Gasteiger partial charge in [-0.3, -0.25) is 0 Å². The summed E-state index contributed by atoms with van der Waals surface area (Å²) in [4.78, 5) is 6.37. The van der Waals surface area contributed by atoms with Crippen molar-refractivity contribution in [3.8, 4) is 0 Å². The summed E-state index contributed by atoms with van der Waals surface area (Å²) in [6.45, 7) is 8.97. The van der Waals surface area contributed by atoms with E-state index in [9.17, 15) is 4.39 Å². The summed E-state index contributed by atoms with van der Waals surface area (Å²) in [6, 6.07) is 10.1. The van der Waals surface area contributed by atoms with Crippen molar-refractivity contribution in [1.29, 1.82) is 0 Å². The fourth-order valence-electron chi connectivity index (χ4n) is 2.16. The Bertz CT molecular complexity index is 753. The molecule has 0 atom stereocenters. The van der Waals surface area contributed by atoms with E-state index in [1.807, 2.05) is 44.0 Å². The Hall–Kier alpha value is -2.13. The van der Waals surface area contributed by atoms with Crippen LogP contribution in [0.1, 0.15) is 23.6 Å². The number of hydrogen-bond donors (Lipinski definition) is 0. The number of aryl methyl sites for hydroxylation is 1. The molecule has 0 amide bonds. The lowest BCUT2D eigenvalue weighted by Gasteiger charge is -2.13. The van der Waals surface area contributed by atoms with Gasteiger partial charge in [-0.05, 0) is 60.4 Å². The summed E-state index contributed by atoms with van der Waals surface area (Å²) >= 11 is 6.34. The first-order valence-electron chi connectivity index (χ1n) is 7.42. The molecule has 0 unspecified atom stereocenters. The summed E-state index contributed by atoms with van der Waals surface area (Å²) < 4.78 is 13.4. The highest BCUT2D eigenvalue weighted by Gasteiger charge is 2.10. The van der Waals surface area contributed by atoms with Crippen LogP contribution in [-0.2, 0) is 0 Å². The van der Waals surface area contributed by atoms with Crippen LogP contribution in [0.5, 0.6) is 0 Å². The molecule has 0 saturated carbocycles. The van der Waals surface area contributed by atoms with Gasteiger partial charge in [-0.15, -0.1) is 0 Å². The highest BCUT2D eigenvalue weighted by Crippen LogP contribution is 2.33. The minimum atomic E-state index is -0.281. The summed E-state index contributed by atoms with van der Waals surface area (Å²) in [5.74, 6) is -0.281. The molecule has 120 valence electrons. The van der Waals surface area contributed by atoms with Crippen molar-refractivity contribution >= 4 is 29.2 Å². The third-order valence-electron chi connectivity index (χ3n) is 3.68. The minimum absolute atomic E-state index is 0.281. The number of hydrogen-bond acceptors (Lipinski definition) is 1. The van der Waals surface area contributed by atoms with Gasteiger partial charge in [0.2, 0.25) is 0 Å². The Balaban J connectivity index is 2.36. The van der Waals surface area contributed by atoms with Crippen LogP contribution in [-0.4, -0.2) is 24.8 Å². The Labute approximate surface area is 141 Å². The molecular formula is C19H20ClFN2. The molecule has 23 heavy (non-hydrogen) atoms. The predicted octanol–water partition coefficient (Wildman–Crippen LogP) is 5.46. The monoisotopic (exact) mass is 330 g/mol. The second kappa shape index (κ2) is 7.42. The Kier molecular flexibility index (Phi) is 5.56. The molecule has 2 nitrogen and oxygen atoms in total. The SMILES string of the molecule is C=C(c1cccc(F)c1)c1cc(Cl)c(N=CN(C)CC)cc1C. The highest BCUT2D eigenvalue weighted by atomic mass is 35.5. The molecule has 0 N–H and O–H groups in total. The van der Waals surface area contributed by atoms with E-state index in [2.05, 4.69) is 11.6 Å². The van der Waals surface area contributed by atoms with Crippen LogP contribution >= 0.6 is 11.6 Å². The molecule has 2 aromatic rings. The van der Waals surface area contributed by atoms with Gasteiger partial charge in [0.05, 0.1) is 17.0 Å².